The fraction of sp³-hybridized carbons (Fsp3) is 0.421. The van der Waals surface area contributed by atoms with E-state index in [9.17, 15) is 24.5 Å². The molecular formula is C19H21N3O7. The van der Waals surface area contributed by atoms with Crippen molar-refractivity contribution in [2.45, 2.75) is 38.9 Å². The number of nitrogens with one attached hydrogen (secondary N) is 1. The molecule has 2 aliphatic rings. The summed E-state index contributed by atoms with van der Waals surface area (Å²) in [6.07, 6.45) is 3.87. The van der Waals surface area contributed by atoms with Gasteiger partial charge in [0, 0.05) is 56.5 Å². The SMILES string of the molecule is CC1(C)OC(=O)C(=CNc2cc(C(=O)N3CCCCC3)cc([N+](=O)[O-])c2)C(=O)O1. The summed E-state index contributed by atoms with van der Waals surface area (Å²) in [5.41, 5.74) is -0.349. The quantitative estimate of drug-likeness (QED) is 0.267. The van der Waals surface area contributed by atoms with Gasteiger partial charge in [-0.05, 0) is 25.3 Å². The first-order valence-corrected chi connectivity index (χ1v) is 9.18. The number of amides is 1. The normalized spacial score (nSPS) is 18.6. The zero-order valence-corrected chi connectivity index (χ0v) is 16.1. The monoisotopic (exact) mass is 403 g/mol. The number of hydrogen-bond acceptors (Lipinski definition) is 8. The molecule has 2 saturated heterocycles. The van der Waals surface area contributed by atoms with Crippen LogP contribution in [0, 0.1) is 10.1 Å². The average molecular weight is 403 g/mol. The minimum atomic E-state index is -1.37. The molecule has 2 heterocycles. The number of ether oxygens (including phenoxy) is 2. The number of cyclic esters (lactones) is 2. The van der Waals surface area contributed by atoms with Crippen molar-refractivity contribution >= 4 is 29.2 Å². The highest BCUT2D eigenvalue weighted by molar-refractivity contribution is 6.15. The Labute approximate surface area is 166 Å². The lowest BCUT2D eigenvalue weighted by Crippen LogP contribution is -2.42. The van der Waals surface area contributed by atoms with Gasteiger partial charge in [0.05, 0.1) is 4.92 Å². The van der Waals surface area contributed by atoms with Gasteiger partial charge in [-0.1, -0.05) is 0 Å². The van der Waals surface area contributed by atoms with Gasteiger partial charge in [0.2, 0.25) is 0 Å². The van der Waals surface area contributed by atoms with Crippen molar-refractivity contribution in [3.63, 3.8) is 0 Å². The van der Waals surface area contributed by atoms with Crippen LogP contribution in [0.15, 0.2) is 30.0 Å². The number of nitrogens with zero attached hydrogens (tertiary/aromatic N) is 2. The molecule has 0 radical (unpaired) electrons. The molecule has 29 heavy (non-hydrogen) atoms. The fourth-order valence-electron chi connectivity index (χ4n) is 3.14. The van der Waals surface area contributed by atoms with E-state index in [2.05, 4.69) is 5.32 Å². The van der Waals surface area contributed by atoms with Gasteiger partial charge in [-0.25, -0.2) is 9.59 Å². The van der Waals surface area contributed by atoms with E-state index in [4.69, 9.17) is 9.47 Å². The van der Waals surface area contributed by atoms with Crippen LogP contribution in [-0.2, 0) is 19.1 Å². The minimum Gasteiger partial charge on any atom is -0.419 e. The Morgan fingerprint density at radius 3 is 2.34 bits per heavy atom. The van der Waals surface area contributed by atoms with Crippen LogP contribution in [-0.4, -0.2) is 46.5 Å². The largest absolute Gasteiger partial charge is 0.419 e. The van der Waals surface area contributed by atoms with Gasteiger partial charge in [-0.2, -0.15) is 0 Å². The number of nitro groups is 1. The second kappa shape index (κ2) is 7.90. The van der Waals surface area contributed by atoms with E-state index in [1.54, 1.807) is 4.90 Å². The first kappa shape index (κ1) is 20.3. The number of carbonyl (C=O) groups is 3. The summed E-state index contributed by atoms with van der Waals surface area (Å²) in [4.78, 5) is 49.0. The maximum Gasteiger partial charge on any atom is 0.350 e. The number of esters is 2. The van der Waals surface area contributed by atoms with Crippen molar-refractivity contribution in [3.8, 4) is 0 Å². The van der Waals surface area contributed by atoms with Gasteiger partial charge >= 0.3 is 11.9 Å². The van der Waals surface area contributed by atoms with Crippen LogP contribution in [0.1, 0.15) is 43.5 Å². The smallest absolute Gasteiger partial charge is 0.350 e. The molecule has 1 aromatic rings. The lowest BCUT2D eigenvalue weighted by molar-refractivity contribution is -0.384. The van der Waals surface area contributed by atoms with Gasteiger partial charge in [0.1, 0.15) is 0 Å². The van der Waals surface area contributed by atoms with E-state index in [0.717, 1.165) is 25.5 Å². The Morgan fingerprint density at radius 1 is 1.14 bits per heavy atom. The molecule has 10 nitrogen and oxygen atoms in total. The fourth-order valence-corrected chi connectivity index (χ4v) is 3.14. The van der Waals surface area contributed by atoms with Crippen molar-refractivity contribution in [1.29, 1.82) is 0 Å². The molecule has 0 aromatic heterocycles. The Balaban J connectivity index is 1.86. The molecule has 0 atom stereocenters. The van der Waals surface area contributed by atoms with E-state index in [-0.39, 0.29) is 28.4 Å². The summed E-state index contributed by atoms with van der Waals surface area (Å²) in [6.45, 7) is 4.04. The Kier molecular flexibility index (Phi) is 5.53. The number of carbonyl (C=O) groups excluding carboxylic acids is 3. The minimum absolute atomic E-state index is 0.150. The molecule has 0 aliphatic carbocycles. The van der Waals surface area contributed by atoms with Crippen molar-refractivity contribution < 1.29 is 28.8 Å². The number of piperidine rings is 1. The predicted octanol–water partition coefficient (Wildman–Crippen LogP) is 2.35. The third-order valence-electron chi connectivity index (χ3n) is 4.52. The molecule has 2 aliphatic heterocycles. The molecule has 0 bridgehead atoms. The highest BCUT2D eigenvalue weighted by Gasteiger charge is 2.39. The van der Waals surface area contributed by atoms with Gasteiger partial charge in [0.15, 0.2) is 5.57 Å². The van der Waals surface area contributed by atoms with Crippen molar-refractivity contribution in [3.05, 3.63) is 45.6 Å². The Hall–Kier alpha value is -3.43. The summed E-state index contributed by atoms with van der Waals surface area (Å²) in [5, 5.41) is 13.9. The molecule has 1 N–H and O–H groups in total. The molecular weight excluding hydrogens is 382 g/mol. The maximum atomic E-state index is 12.7. The molecule has 10 heteroatoms. The first-order chi connectivity index (χ1) is 13.7. The number of non-ortho nitro benzene ring substituents is 1. The van der Waals surface area contributed by atoms with E-state index in [1.165, 1.54) is 32.0 Å². The lowest BCUT2D eigenvalue weighted by Gasteiger charge is -2.29. The third-order valence-corrected chi connectivity index (χ3v) is 4.52. The van der Waals surface area contributed by atoms with Crippen LogP contribution in [0.5, 0.6) is 0 Å². The van der Waals surface area contributed by atoms with Crippen LogP contribution in [0.25, 0.3) is 0 Å². The first-order valence-electron chi connectivity index (χ1n) is 9.18. The topological polar surface area (TPSA) is 128 Å². The van der Waals surface area contributed by atoms with Gasteiger partial charge < -0.3 is 19.7 Å². The molecule has 0 saturated carbocycles. The molecule has 3 rings (SSSR count). The van der Waals surface area contributed by atoms with Crippen LogP contribution >= 0.6 is 0 Å². The molecule has 1 aromatic carbocycles. The van der Waals surface area contributed by atoms with Crippen LogP contribution in [0.4, 0.5) is 11.4 Å². The highest BCUT2D eigenvalue weighted by atomic mass is 16.7. The van der Waals surface area contributed by atoms with Crippen LogP contribution in [0.2, 0.25) is 0 Å². The summed E-state index contributed by atoms with van der Waals surface area (Å²) in [5.74, 6) is -3.43. The van der Waals surface area contributed by atoms with Gasteiger partial charge in [-0.15, -0.1) is 0 Å². The molecule has 0 unspecified atom stereocenters. The summed E-state index contributed by atoms with van der Waals surface area (Å²) in [6, 6.07) is 3.85. The van der Waals surface area contributed by atoms with E-state index in [1.807, 2.05) is 0 Å². The number of nitro benzene ring substituents is 1. The maximum absolute atomic E-state index is 12.7. The van der Waals surface area contributed by atoms with Crippen LogP contribution < -0.4 is 5.32 Å². The molecule has 1 amide bonds. The second-order valence-corrected chi connectivity index (χ2v) is 7.26. The standard InChI is InChI=1S/C19H21N3O7/c1-19(2)28-17(24)15(18(25)29-19)11-20-13-8-12(9-14(10-13)22(26)27)16(23)21-6-4-3-5-7-21/h8-11,20H,3-7H2,1-2H3. The second-order valence-electron chi connectivity index (χ2n) is 7.26. The van der Waals surface area contributed by atoms with Crippen molar-refractivity contribution in [2.75, 3.05) is 18.4 Å². The number of hydrogen-bond donors (Lipinski definition) is 1. The summed E-state index contributed by atoms with van der Waals surface area (Å²) >= 11 is 0. The highest BCUT2D eigenvalue weighted by Crippen LogP contribution is 2.25. The van der Waals surface area contributed by atoms with E-state index < -0.39 is 22.6 Å². The third kappa shape index (κ3) is 4.71. The van der Waals surface area contributed by atoms with Crippen molar-refractivity contribution in [2.24, 2.45) is 0 Å². The number of benzene rings is 1. The number of anilines is 1. The number of likely N-dealkylation sites (tertiary alicyclic amines) is 1. The van der Waals surface area contributed by atoms with Gasteiger partial charge in [-0.3, -0.25) is 14.9 Å². The molecule has 154 valence electrons. The lowest BCUT2D eigenvalue weighted by atomic mass is 10.1. The Morgan fingerprint density at radius 2 is 1.76 bits per heavy atom. The van der Waals surface area contributed by atoms with E-state index >= 15 is 0 Å². The summed E-state index contributed by atoms with van der Waals surface area (Å²) in [7, 11) is 0. The molecule has 2 fully saturated rings. The number of rotatable bonds is 4. The zero-order valence-electron chi connectivity index (χ0n) is 16.1. The predicted molar refractivity (Wildman–Crippen MR) is 101 cm³/mol. The van der Waals surface area contributed by atoms with Crippen LogP contribution in [0.3, 0.4) is 0 Å². The van der Waals surface area contributed by atoms with E-state index in [0.29, 0.717) is 13.1 Å². The van der Waals surface area contributed by atoms with Crippen molar-refractivity contribution in [1.82, 2.24) is 4.90 Å². The average Bonchev–Trinajstić information content (AvgIpc) is 2.66. The Bertz CT molecular complexity index is 879. The zero-order chi connectivity index (χ0) is 21.2. The van der Waals surface area contributed by atoms with Gasteiger partial charge in [0.25, 0.3) is 17.4 Å². The molecule has 0 spiro atoms. The summed E-state index contributed by atoms with van der Waals surface area (Å²) < 4.78 is 9.98.